The van der Waals surface area contributed by atoms with E-state index in [2.05, 4.69) is 35.1 Å². The lowest BCUT2D eigenvalue weighted by atomic mass is 10.0. The zero-order chi connectivity index (χ0) is 21.0. The number of thiocarbonyl (C=S) groups is 1. The third-order valence-electron chi connectivity index (χ3n) is 5.03. The molecule has 0 atom stereocenters. The highest BCUT2D eigenvalue weighted by molar-refractivity contribution is 7.80. The number of fused-ring (bicyclic) bond motifs is 1. The van der Waals surface area contributed by atoms with Crippen LogP contribution in [0.3, 0.4) is 0 Å². The molecule has 1 aromatic heterocycles. The average Bonchev–Trinajstić information content (AvgIpc) is 2.67. The number of likely N-dealkylation sites (N-methyl/N-ethyl adjacent to an activating group) is 1. The van der Waals surface area contributed by atoms with Gasteiger partial charge in [-0.1, -0.05) is 18.2 Å². The Kier molecular flexibility index (Phi) is 6.67. The number of aromatic nitrogens is 1. The first-order valence-electron chi connectivity index (χ1n) is 9.72. The monoisotopic (exact) mass is 408 g/mol. The molecule has 29 heavy (non-hydrogen) atoms. The lowest BCUT2D eigenvalue weighted by Crippen LogP contribution is -2.40. The number of nitrogens with zero attached hydrogens (tertiary/aromatic N) is 2. The zero-order valence-corrected chi connectivity index (χ0v) is 18.3. The molecular formula is C23H28N4OS. The van der Waals surface area contributed by atoms with Gasteiger partial charge in [0, 0.05) is 29.9 Å². The second-order valence-corrected chi connectivity index (χ2v) is 8.06. The van der Waals surface area contributed by atoms with Crippen LogP contribution in [0.4, 0.5) is 5.69 Å². The zero-order valence-electron chi connectivity index (χ0n) is 17.5. The van der Waals surface area contributed by atoms with E-state index < -0.39 is 0 Å². The molecule has 152 valence electrons. The number of para-hydroxylation sites is 1. The molecule has 1 heterocycles. The Balaban J connectivity index is 1.88. The molecule has 0 saturated heterocycles. The first kappa shape index (κ1) is 21.0. The fourth-order valence-electron chi connectivity index (χ4n) is 3.14. The largest absolute Gasteiger partial charge is 0.343 e. The Labute approximate surface area is 177 Å². The van der Waals surface area contributed by atoms with Gasteiger partial charge in [0.15, 0.2) is 5.11 Å². The van der Waals surface area contributed by atoms with Gasteiger partial charge in [-0.15, -0.1) is 0 Å². The summed E-state index contributed by atoms with van der Waals surface area (Å²) >= 11 is 5.67. The van der Waals surface area contributed by atoms with Gasteiger partial charge in [-0.3, -0.25) is 4.79 Å². The molecule has 0 aliphatic carbocycles. The summed E-state index contributed by atoms with van der Waals surface area (Å²) in [6.45, 7) is 6.14. The smallest absolute Gasteiger partial charge is 0.253 e. The molecular weight excluding hydrogens is 380 g/mol. The van der Waals surface area contributed by atoms with Gasteiger partial charge in [0.1, 0.15) is 0 Å². The van der Waals surface area contributed by atoms with E-state index in [1.54, 1.807) is 0 Å². The summed E-state index contributed by atoms with van der Waals surface area (Å²) in [5.74, 6) is 0. The lowest BCUT2D eigenvalue weighted by Gasteiger charge is -2.27. The number of hydrogen-bond donors (Lipinski definition) is 2. The molecule has 0 unspecified atom stereocenters. The van der Waals surface area contributed by atoms with Gasteiger partial charge in [0.25, 0.3) is 5.56 Å². The third-order valence-corrected chi connectivity index (χ3v) is 5.39. The number of nitrogens with one attached hydrogen (secondary N) is 2. The number of pyridine rings is 1. The highest BCUT2D eigenvalue weighted by Crippen LogP contribution is 2.18. The highest BCUT2D eigenvalue weighted by Gasteiger charge is 2.14. The van der Waals surface area contributed by atoms with E-state index in [0.29, 0.717) is 17.2 Å². The van der Waals surface area contributed by atoms with E-state index in [-0.39, 0.29) is 5.56 Å². The molecule has 0 aliphatic rings. The Morgan fingerprint density at radius 1 is 1.03 bits per heavy atom. The van der Waals surface area contributed by atoms with Gasteiger partial charge < -0.3 is 20.1 Å². The molecule has 3 rings (SSSR count). The van der Waals surface area contributed by atoms with Crippen LogP contribution in [-0.4, -0.2) is 47.1 Å². The van der Waals surface area contributed by atoms with E-state index in [4.69, 9.17) is 12.2 Å². The van der Waals surface area contributed by atoms with Crippen LogP contribution in [-0.2, 0) is 6.54 Å². The van der Waals surface area contributed by atoms with E-state index in [0.717, 1.165) is 29.7 Å². The molecule has 2 aromatic carbocycles. The fourth-order valence-corrected chi connectivity index (χ4v) is 3.42. The number of rotatable bonds is 6. The van der Waals surface area contributed by atoms with Crippen molar-refractivity contribution in [3.05, 3.63) is 75.6 Å². The van der Waals surface area contributed by atoms with Crippen LogP contribution in [0.2, 0.25) is 0 Å². The van der Waals surface area contributed by atoms with Crippen molar-refractivity contribution < 1.29 is 0 Å². The van der Waals surface area contributed by atoms with Crippen molar-refractivity contribution in [2.24, 2.45) is 0 Å². The minimum Gasteiger partial charge on any atom is -0.343 e. The molecule has 0 amide bonds. The van der Waals surface area contributed by atoms with Crippen molar-refractivity contribution in [2.75, 3.05) is 32.5 Å². The van der Waals surface area contributed by atoms with Crippen molar-refractivity contribution in [3.8, 4) is 0 Å². The minimum atomic E-state index is -0.0712. The summed E-state index contributed by atoms with van der Waals surface area (Å²) < 4.78 is 0. The van der Waals surface area contributed by atoms with Crippen molar-refractivity contribution in [1.82, 2.24) is 14.8 Å². The van der Waals surface area contributed by atoms with Crippen LogP contribution >= 0.6 is 12.2 Å². The molecule has 5 nitrogen and oxygen atoms in total. The molecule has 0 aliphatic heterocycles. The van der Waals surface area contributed by atoms with Crippen LogP contribution in [0.1, 0.15) is 16.7 Å². The van der Waals surface area contributed by atoms with E-state index in [9.17, 15) is 4.79 Å². The maximum absolute atomic E-state index is 12.7. The molecule has 0 radical (unpaired) electrons. The molecule has 0 saturated carbocycles. The molecule has 6 heteroatoms. The van der Waals surface area contributed by atoms with Crippen molar-refractivity contribution in [3.63, 3.8) is 0 Å². The maximum atomic E-state index is 12.7. The fraction of sp³-hybridized carbons (Fsp3) is 0.304. The van der Waals surface area contributed by atoms with Crippen molar-refractivity contribution in [2.45, 2.75) is 20.4 Å². The van der Waals surface area contributed by atoms with Crippen LogP contribution < -0.4 is 10.9 Å². The van der Waals surface area contributed by atoms with Crippen LogP contribution in [0.25, 0.3) is 10.9 Å². The van der Waals surface area contributed by atoms with E-state index in [1.165, 1.54) is 11.1 Å². The third kappa shape index (κ3) is 5.43. The summed E-state index contributed by atoms with van der Waals surface area (Å²) in [6, 6.07) is 16.0. The quantitative estimate of drug-likeness (QED) is 0.606. The minimum absolute atomic E-state index is 0.0712. The van der Waals surface area contributed by atoms with Crippen LogP contribution in [0, 0.1) is 13.8 Å². The van der Waals surface area contributed by atoms with Crippen molar-refractivity contribution >= 4 is 33.9 Å². The average molecular weight is 409 g/mol. The summed E-state index contributed by atoms with van der Waals surface area (Å²) in [7, 11) is 4.06. The molecule has 3 aromatic rings. The number of aromatic amines is 1. The predicted molar refractivity (Wildman–Crippen MR) is 126 cm³/mol. The summed E-state index contributed by atoms with van der Waals surface area (Å²) in [5.41, 5.74) is 4.82. The van der Waals surface area contributed by atoms with Gasteiger partial charge in [-0.05, 0) is 87.0 Å². The number of anilines is 1. The normalized spacial score (nSPS) is 11.1. The van der Waals surface area contributed by atoms with E-state index in [1.807, 2.05) is 61.5 Å². The first-order valence-corrected chi connectivity index (χ1v) is 10.1. The summed E-state index contributed by atoms with van der Waals surface area (Å²) in [4.78, 5) is 19.9. The van der Waals surface area contributed by atoms with E-state index >= 15 is 0 Å². The Morgan fingerprint density at radius 3 is 2.41 bits per heavy atom. The van der Waals surface area contributed by atoms with Gasteiger partial charge in [-0.25, -0.2) is 0 Å². The van der Waals surface area contributed by atoms with Gasteiger partial charge in [0.05, 0.1) is 6.54 Å². The molecule has 0 bridgehead atoms. The summed E-state index contributed by atoms with van der Waals surface area (Å²) in [5, 5.41) is 4.93. The van der Waals surface area contributed by atoms with Crippen molar-refractivity contribution in [1.29, 1.82) is 0 Å². The van der Waals surface area contributed by atoms with Crippen LogP contribution in [0.15, 0.2) is 53.3 Å². The Bertz CT molecular complexity index is 1060. The Hall–Kier alpha value is -2.70. The highest BCUT2D eigenvalue weighted by atomic mass is 32.1. The van der Waals surface area contributed by atoms with Gasteiger partial charge in [0.2, 0.25) is 0 Å². The van der Waals surface area contributed by atoms with Crippen LogP contribution in [0.5, 0.6) is 0 Å². The predicted octanol–water partition coefficient (Wildman–Crippen LogP) is 3.91. The van der Waals surface area contributed by atoms with Gasteiger partial charge >= 0.3 is 0 Å². The molecule has 2 N–H and O–H groups in total. The molecule has 0 spiro atoms. The first-order chi connectivity index (χ1) is 13.8. The Morgan fingerprint density at radius 2 is 1.72 bits per heavy atom. The van der Waals surface area contributed by atoms with Gasteiger partial charge in [-0.2, -0.15) is 0 Å². The lowest BCUT2D eigenvalue weighted by molar-refractivity contribution is 0.327. The number of H-pyrrole nitrogens is 1. The number of benzene rings is 2. The summed E-state index contributed by atoms with van der Waals surface area (Å²) in [6.07, 6.45) is 0. The topological polar surface area (TPSA) is 51.4 Å². The second-order valence-electron chi connectivity index (χ2n) is 7.67. The number of hydrogen-bond acceptors (Lipinski definition) is 3. The number of aryl methyl sites for hydroxylation is 2. The maximum Gasteiger partial charge on any atom is 0.253 e. The second kappa shape index (κ2) is 9.20. The standard InChI is InChI=1S/C23H28N4OS/c1-16-12-18-14-19(22(28)25-21(18)13-17(16)2)15-27(11-10-26(3)4)23(29)24-20-8-6-5-7-9-20/h5-9,12-14H,10-11,15H2,1-4H3,(H,24,29)(H,25,28). The SMILES string of the molecule is Cc1cc2cc(CN(CCN(C)C)C(=S)Nc3ccccc3)c(=O)[nH]c2cc1C. The molecule has 0 fully saturated rings.